The second-order valence-corrected chi connectivity index (χ2v) is 8.47. The Morgan fingerprint density at radius 3 is 2.60 bits per heavy atom. The Morgan fingerprint density at radius 2 is 1.92 bits per heavy atom. The lowest BCUT2D eigenvalue weighted by molar-refractivity contribution is 0.415. The molecule has 0 saturated heterocycles. The van der Waals surface area contributed by atoms with Crippen LogP contribution in [0, 0.1) is 0 Å². The Kier molecular flexibility index (Phi) is 4.57. The molecule has 0 saturated carbocycles. The van der Waals surface area contributed by atoms with E-state index in [0.29, 0.717) is 16.1 Å². The number of nitrogens with one attached hydrogen (secondary N) is 1. The maximum Gasteiger partial charge on any atom is 0.308 e. The summed E-state index contributed by atoms with van der Waals surface area (Å²) >= 11 is 1.04. The van der Waals surface area contributed by atoms with E-state index in [1.807, 2.05) is 13.8 Å². The van der Waals surface area contributed by atoms with Gasteiger partial charge in [0.05, 0.1) is 27.9 Å². The number of benzene rings is 2. The van der Waals surface area contributed by atoms with E-state index in [0.717, 1.165) is 16.9 Å². The van der Waals surface area contributed by atoms with Crippen LogP contribution in [0.4, 0.5) is 5.69 Å². The van der Waals surface area contributed by atoms with Crippen LogP contribution in [-0.2, 0) is 10.0 Å². The van der Waals surface area contributed by atoms with Crippen molar-refractivity contribution in [1.29, 1.82) is 0 Å². The first-order valence-electron chi connectivity index (χ1n) is 7.64. The zero-order chi connectivity index (χ0) is 18.2. The Labute approximate surface area is 149 Å². The van der Waals surface area contributed by atoms with Gasteiger partial charge in [0.2, 0.25) is 0 Å². The Balaban J connectivity index is 2.01. The van der Waals surface area contributed by atoms with Crippen LogP contribution in [0.25, 0.3) is 10.2 Å². The van der Waals surface area contributed by atoms with Gasteiger partial charge in [-0.2, -0.15) is 0 Å². The van der Waals surface area contributed by atoms with Crippen molar-refractivity contribution in [1.82, 2.24) is 4.57 Å². The van der Waals surface area contributed by atoms with Crippen molar-refractivity contribution < 1.29 is 13.2 Å². The summed E-state index contributed by atoms with van der Waals surface area (Å²) in [4.78, 5) is 12.1. The molecule has 6 nitrogen and oxygen atoms in total. The second kappa shape index (κ2) is 6.53. The van der Waals surface area contributed by atoms with Gasteiger partial charge < -0.3 is 4.74 Å². The zero-order valence-electron chi connectivity index (χ0n) is 14.0. The van der Waals surface area contributed by atoms with Crippen molar-refractivity contribution in [3.8, 4) is 5.75 Å². The minimum absolute atomic E-state index is 0.0126. The third-order valence-corrected chi connectivity index (χ3v) is 6.03. The van der Waals surface area contributed by atoms with Gasteiger partial charge in [0.25, 0.3) is 10.0 Å². The molecule has 0 spiro atoms. The number of aromatic nitrogens is 1. The summed E-state index contributed by atoms with van der Waals surface area (Å²) in [6, 6.07) is 11.4. The number of sulfonamides is 1. The van der Waals surface area contributed by atoms with Gasteiger partial charge in [-0.15, -0.1) is 0 Å². The molecule has 0 fully saturated rings. The van der Waals surface area contributed by atoms with E-state index in [1.54, 1.807) is 34.9 Å². The number of thiazole rings is 1. The van der Waals surface area contributed by atoms with Gasteiger partial charge in [-0.1, -0.05) is 17.4 Å². The molecule has 0 atom stereocenters. The van der Waals surface area contributed by atoms with Crippen molar-refractivity contribution in [2.45, 2.75) is 24.8 Å². The van der Waals surface area contributed by atoms with E-state index < -0.39 is 10.0 Å². The van der Waals surface area contributed by atoms with Crippen LogP contribution >= 0.6 is 11.3 Å². The van der Waals surface area contributed by atoms with Crippen molar-refractivity contribution in [3.05, 3.63) is 52.1 Å². The third kappa shape index (κ3) is 3.40. The topological polar surface area (TPSA) is 77.4 Å². The number of fused-ring (bicyclic) bond motifs is 1. The lowest BCUT2D eigenvalue weighted by Crippen LogP contribution is -2.15. The van der Waals surface area contributed by atoms with E-state index in [-0.39, 0.29) is 15.8 Å². The summed E-state index contributed by atoms with van der Waals surface area (Å²) in [6.07, 6.45) is 0. The number of rotatable bonds is 5. The van der Waals surface area contributed by atoms with Crippen LogP contribution in [0.5, 0.6) is 5.75 Å². The summed E-state index contributed by atoms with van der Waals surface area (Å²) in [5.41, 5.74) is 1.15. The van der Waals surface area contributed by atoms with E-state index in [2.05, 4.69) is 4.72 Å². The number of ether oxygens (including phenoxy) is 1. The highest BCUT2D eigenvalue weighted by Crippen LogP contribution is 2.26. The van der Waals surface area contributed by atoms with Crippen molar-refractivity contribution in [2.75, 3.05) is 11.8 Å². The van der Waals surface area contributed by atoms with Crippen LogP contribution < -0.4 is 14.3 Å². The maximum atomic E-state index is 12.6. The minimum Gasteiger partial charge on any atom is -0.497 e. The molecule has 2 aromatic carbocycles. The normalized spacial score (nSPS) is 11.8. The SMILES string of the molecule is COc1cccc(NS(=O)(=O)c2ccc3c(c2)sc(=O)n3C(C)C)c1. The molecule has 0 radical (unpaired) electrons. The molecule has 0 amide bonds. The largest absolute Gasteiger partial charge is 0.497 e. The standard InChI is InChI=1S/C17H18N2O4S2/c1-11(2)19-15-8-7-14(10-16(15)24-17(19)20)25(21,22)18-12-5-4-6-13(9-12)23-3/h4-11,18H,1-3H3. The van der Waals surface area contributed by atoms with Gasteiger partial charge in [-0.25, -0.2) is 8.42 Å². The quantitative estimate of drug-likeness (QED) is 0.738. The van der Waals surface area contributed by atoms with E-state index in [4.69, 9.17) is 4.74 Å². The smallest absolute Gasteiger partial charge is 0.308 e. The van der Waals surface area contributed by atoms with Gasteiger partial charge in [0.1, 0.15) is 5.75 Å². The first-order chi connectivity index (χ1) is 11.8. The molecule has 0 bridgehead atoms. The molecule has 0 unspecified atom stereocenters. The van der Waals surface area contributed by atoms with E-state index >= 15 is 0 Å². The summed E-state index contributed by atoms with van der Waals surface area (Å²) < 4.78 is 35.2. The minimum atomic E-state index is -3.76. The highest BCUT2D eigenvalue weighted by molar-refractivity contribution is 7.92. The number of nitrogens with zero attached hydrogens (tertiary/aromatic N) is 1. The average molecular weight is 378 g/mol. The summed E-state index contributed by atoms with van der Waals surface area (Å²) in [7, 11) is -2.25. The third-order valence-electron chi connectivity index (χ3n) is 3.73. The number of anilines is 1. The molecule has 3 rings (SSSR count). The molecule has 132 valence electrons. The lowest BCUT2D eigenvalue weighted by Gasteiger charge is -2.10. The fourth-order valence-electron chi connectivity index (χ4n) is 2.57. The molecule has 1 N–H and O–H groups in total. The number of methoxy groups -OCH3 is 1. The van der Waals surface area contributed by atoms with E-state index in [9.17, 15) is 13.2 Å². The maximum absolute atomic E-state index is 12.6. The predicted octanol–water partition coefficient (Wildman–Crippen LogP) is 3.45. The fraction of sp³-hybridized carbons (Fsp3) is 0.235. The Hall–Kier alpha value is -2.32. The van der Waals surface area contributed by atoms with Crippen LogP contribution in [0.3, 0.4) is 0 Å². The Bertz CT molecular complexity index is 1080. The fourth-order valence-corrected chi connectivity index (χ4v) is 4.78. The first-order valence-corrected chi connectivity index (χ1v) is 9.94. The van der Waals surface area contributed by atoms with E-state index in [1.165, 1.54) is 19.2 Å². The van der Waals surface area contributed by atoms with Crippen molar-refractivity contribution in [2.24, 2.45) is 0 Å². The van der Waals surface area contributed by atoms with Gasteiger partial charge in [-0.3, -0.25) is 14.1 Å². The Morgan fingerprint density at radius 1 is 1.16 bits per heavy atom. The van der Waals surface area contributed by atoms with Crippen molar-refractivity contribution >= 4 is 37.3 Å². The predicted molar refractivity (Wildman–Crippen MR) is 100 cm³/mol. The molecule has 0 aliphatic carbocycles. The summed E-state index contributed by atoms with van der Waals surface area (Å²) in [5.74, 6) is 0.558. The van der Waals surface area contributed by atoms with Gasteiger partial charge >= 0.3 is 4.87 Å². The average Bonchev–Trinajstić information content (AvgIpc) is 2.89. The van der Waals surface area contributed by atoms with Crippen LogP contribution in [0.15, 0.2) is 52.2 Å². The molecule has 8 heteroatoms. The molecule has 25 heavy (non-hydrogen) atoms. The summed E-state index contributed by atoms with van der Waals surface area (Å²) in [6.45, 7) is 3.84. The zero-order valence-corrected chi connectivity index (χ0v) is 15.6. The lowest BCUT2D eigenvalue weighted by atomic mass is 10.3. The molecule has 3 aromatic rings. The molecular weight excluding hydrogens is 360 g/mol. The molecule has 0 aliphatic heterocycles. The number of hydrogen-bond donors (Lipinski definition) is 1. The van der Waals surface area contributed by atoms with Crippen LogP contribution in [0.2, 0.25) is 0 Å². The van der Waals surface area contributed by atoms with Gasteiger partial charge in [0, 0.05) is 12.1 Å². The molecular formula is C17H18N2O4S2. The van der Waals surface area contributed by atoms with Crippen LogP contribution in [0.1, 0.15) is 19.9 Å². The molecule has 1 heterocycles. The first kappa shape index (κ1) is 17.5. The molecule has 1 aromatic heterocycles. The van der Waals surface area contributed by atoms with Crippen molar-refractivity contribution in [3.63, 3.8) is 0 Å². The number of hydrogen-bond acceptors (Lipinski definition) is 5. The van der Waals surface area contributed by atoms with Crippen LogP contribution in [-0.4, -0.2) is 20.1 Å². The summed E-state index contributed by atoms with van der Waals surface area (Å²) in [5, 5.41) is 0. The monoisotopic (exact) mass is 378 g/mol. The van der Waals surface area contributed by atoms with Gasteiger partial charge in [0.15, 0.2) is 0 Å². The second-order valence-electron chi connectivity index (χ2n) is 5.80. The van der Waals surface area contributed by atoms with Gasteiger partial charge in [-0.05, 0) is 44.2 Å². The highest BCUT2D eigenvalue weighted by Gasteiger charge is 2.18. The molecule has 0 aliphatic rings. The highest BCUT2D eigenvalue weighted by atomic mass is 32.2.